The van der Waals surface area contributed by atoms with Gasteiger partial charge in [0.15, 0.2) is 0 Å². The minimum atomic E-state index is -0.0514. The van der Waals surface area contributed by atoms with Crippen molar-refractivity contribution in [3.05, 3.63) is 35.1 Å². The van der Waals surface area contributed by atoms with E-state index < -0.39 is 0 Å². The van der Waals surface area contributed by atoms with Gasteiger partial charge in [-0.25, -0.2) is 4.39 Å². The van der Waals surface area contributed by atoms with E-state index in [4.69, 9.17) is 0 Å². The predicted octanol–water partition coefficient (Wildman–Crippen LogP) is 2.57. The lowest BCUT2D eigenvalue weighted by atomic mass is 10.0. The molecule has 0 aromatic heterocycles. The number of benzene rings is 1. The van der Waals surface area contributed by atoms with E-state index in [0.717, 1.165) is 37.2 Å². The summed E-state index contributed by atoms with van der Waals surface area (Å²) in [6.45, 7) is 4.93. The topological polar surface area (TPSA) is 15.3 Å². The first-order valence-corrected chi connectivity index (χ1v) is 6.91. The van der Waals surface area contributed by atoms with Gasteiger partial charge in [-0.05, 0) is 44.5 Å². The van der Waals surface area contributed by atoms with Gasteiger partial charge in [0.2, 0.25) is 0 Å². The van der Waals surface area contributed by atoms with Gasteiger partial charge in [-0.15, -0.1) is 0 Å². The van der Waals surface area contributed by atoms with Crippen molar-refractivity contribution in [2.45, 2.75) is 38.8 Å². The molecule has 3 heteroatoms. The van der Waals surface area contributed by atoms with Gasteiger partial charge in [-0.1, -0.05) is 19.1 Å². The molecule has 2 rings (SSSR count). The fourth-order valence-corrected chi connectivity index (χ4v) is 2.88. The van der Waals surface area contributed by atoms with Crippen molar-refractivity contribution in [2.24, 2.45) is 0 Å². The molecule has 100 valence electrons. The lowest BCUT2D eigenvalue weighted by molar-refractivity contribution is 0.238. The van der Waals surface area contributed by atoms with Crippen molar-refractivity contribution in [2.75, 3.05) is 20.1 Å². The second-order valence-corrected chi connectivity index (χ2v) is 5.06. The molecule has 1 atom stereocenters. The molecule has 0 bridgehead atoms. The van der Waals surface area contributed by atoms with Gasteiger partial charge >= 0.3 is 0 Å². The SMILES string of the molecule is CCc1cccc(F)c1CN1CCCC1CNC. The molecule has 1 aliphatic rings. The Hall–Kier alpha value is -0.930. The van der Waals surface area contributed by atoms with Crippen LogP contribution in [-0.2, 0) is 13.0 Å². The number of nitrogens with zero attached hydrogens (tertiary/aromatic N) is 1. The van der Waals surface area contributed by atoms with Gasteiger partial charge in [-0.3, -0.25) is 4.90 Å². The second kappa shape index (κ2) is 6.30. The summed E-state index contributed by atoms with van der Waals surface area (Å²) < 4.78 is 14.0. The molecule has 0 spiro atoms. The summed E-state index contributed by atoms with van der Waals surface area (Å²) in [5, 5.41) is 3.23. The van der Waals surface area contributed by atoms with Crippen LogP contribution in [0, 0.1) is 5.82 Å². The smallest absolute Gasteiger partial charge is 0.127 e. The third-order valence-corrected chi connectivity index (χ3v) is 3.90. The molecule has 1 aliphatic heterocycles. The molecule has 1 heterocycles. The van der Waals surface area contributed by atoms with Crippen LogP contribution in [0.15, 0.2) is 18.2 Å². The minimum absolute atomic E-state index is 0.0514. The van der Waals surface area contributed by atoms with Crippen LogP contribution in [0.4, 0.5) is 4.39 Å². The molecular formula is C15H23FN2. The zero-order valence-electron chi connectivity index (χ0n) is 11.4. The Morgan fingerprint density at radius 2 is 2.28 bits per heavy atom. The molecule has 0 saturated carbocycles. The van der Waals surface area contributed by atoms with E-state index in [0.29, 0.717) is 6.04 Å². The zero-order chi connectivity index (χ0) is 13.0. The number of likely N-dealkylation sites (N-methyl/N-ethyl adjacent to an activating group) is 1. The number of nitrogens with one attached hydrogen (secondary N) is 1. The van der Waals surface area contributed by atoms with Gasteiger partial charge in [0.1, 0.15) is 5.82 Å². The number of rotatable bonds is 5. The van der Waals surface area contributed by atoms with Crippen molar-refractivity contribution >= 4 is 0 Å². The van der Waals surface area contributed by atoms with Gasteiger partial charge in [-0.2, -0.15) is 0 Å². The molecule has 1 aromatic rings. The van der Waals surface area contributed by atoms with Crippen LogP contribution in [0.5, 0.6) is 0 Å². The van der Waals surface area contributed by atoms with Gasteiger partial charge in [0.25, 0.3) is 0 Å². The molecule has 1 unspecified atom stereocenters. The van der Waals surface area contributed by atoms with Gasteiger partial charge in [0, 0.05) is 24.7 Å². The van der Waals surface area contributed by atoms with Crippen LogP contribution in [0.25, 0.3) is 0 Å². The lowest BCUT2D eigenvalue weighted by Crippen LogP contribution is -2.36. The van der Waals surface area contributed by atoms with Crippen molar-refractivity contribution in [3.63, 3.8) is 0 Å². The Labute approximate surface area is 109 Å². The Bertz CT molecular complexity index is 392. The van der Waals surface area contributed by atoms with Crippen LogP contribution in [0.1, 0.15) is 30.9 Å². The summed E-state index contributed by atoms with van der Waals surface area (Å²) in [6.07, 6.45) is 3.34. The number of aryl methyl sites for hydroxylation is 1. The number of hydrogen-bond donors (Lipinski definition) is 1. The van der Waals surface area contributed by atoms with E-state index in [1.165, 1.54) is 12.8 Å². The first kappa shape index (κ1) is 13.5. The number of hydrogen-bond acceptors (Lipinski definition) is 2. The van der Waals surface area contributed by atoms with Crippen molar-refractivity contribution in [1.29, 1.82) is 0 Å². The normalized spacial score (nSPS) is 20.5. The predicted molar refractivity (Wildman–Crippen MR) is 73.1 cm³/mol. The fraction of sp³-hybridized carbons (Fsp3) is 0.600. The molecule has 1 fully saturated rings. The van der Waals surface area contributed by atoms with E-state index in [-0.39, 0.29) is 5.82 Å². The highest BCUT2D eigenvalue weighted by Gasteiger charge is 2.25. The fourth-order valence-electron chi connectivity index (χ4n) is 2.88. The Balaban J connectivity index is 2.13. The molecule has 18 heavy (non-hydrogen) atoms. The average molecular weight is 250 g/mol. The second-order valence-electron chi connectivity index (χ2n) is 5.06. The third-order valence-electron chi connectivity index (χ3n) is 3.90. The molecule has 0 radical (unpaired) electrons. The van der Waals surface area contributed by atoms with E-state index in [2.05, 4.69) is 17.1 Å². The largest absolute Gasteiger partial charge is 0.318 e. The number of halogens is 1. The highest BCUT2D eigenvalue weighted by Crippen LogP contribution is 2.23. The lowest BCUT2D eigenvalue weighted by Gasteiger charge is -2.25. The summed E-state index contributed by atoms with van der Waals surface area (Å²) in [5.41, 5.74) is 2.04. The van der Waals surface area contributed by atoms with Crippen molar-refractivity contribution in [3.8, 4) is 0 Å². The number of likely N-dealkylation sites (tertiary alicyclic amines) is 1. The van der Waals surface area contributed by atoms with Crippen LogP contribution in [0.3, 0.4) is 0 Å². The Kier molecular flexibility index (Phi) is 4.72. The molecule has 1 aromatic carbocycles. The van der Waals surface area contributed by atoms with E-state index >= 15 is 0 Å². The quantitative estimate of drug-likeness (QED) is 0.864. The first-order valence-electron chi connectivity index (χ1n) is 6.91. The van der Waals surface area contributed by atoms with Crippen LogP contribution in [0.2, 0.25) is 0 Å². The summed E-state index contributed by atoms with van der Waals surface area (Å²) in [4.78, 5) is 2.41. The van der Waals surface area contributed by atoms with Gasteiger partial charge < -0.3 is 5.32 Å². The molecule has 2 nitrogen and oxygen atoms in total. The van der Waals surface area contributed by atoms with Crippen molar-refractivity contribution < 1.29 is 4.39 Å². The van der Waals surface area contributed by atoms with Crippen LogP contribution < -0.4 is 5.32 Å². The van der Waals surface area contributed by atoms with Crippen molar-refractivity contribution in [1.82, 2.24) is 10.2 Å². The van der Waals surface area contributed by atoms with Crippen LogP contribution in [-0.4, -0.2) is 31.1 Å². The van der Waals surface area contributed by atoms with E-state index in [9.17, 15) is 4.39 Å². The molecule has 0 aliphatic carbocycles. The summed E-state index contributed by atoms with van der Waals surface area (Å²) in [7, 11) is 1.98. The van der Waals surface area contributed by atoms with Crippen LogP contribution >= 0.6 is 0 Å². The highest BCUT2D eigenvalue weighted by molar-refractivity contribution is 5.28. The molecular weight excluding hydrogens is 227 g/mol. The standard InChI is InChI=1S/C15H23FN2/c1-3-12-6-4-8-15(16)14(12)11-18-9-5-7-13(18)10-17-2/h4,6,8,13,17H,3,5,7,9-11H2,1-2H3. The summed E-state index contributed by atoms with van der Waals surface area (Å²) >= 11 is 0. The minimum Gasteiger partial charge on any atom is -0.318 e. The maximum atomic E-state index is 14.0. The maximum absolute atomic E-state index is 14.0. The monoisotopic (exact) mass is 250 g/mol. The average Bonchev–Trinajstić information content (AvgIpc) is 2.80. The Morgan fingerprint density at radius 3 is 3.00 bits per heavy atom. The zero-order valence-corrected chi connectivity index (χ0v) is 11.4. The molecule has 0 amide bonds. The summed E-state index contributed by atoms with van der Waals surface area (Å²) in [6, 6.07) is 5.99. The van der Waals surface area contributed by atoms with E-state index in [1.54, 1.807) is 6.07 Å². The molecule has 1 N–H and O–H groups in total. The summed E-state index contributed by atoms with van der Waals surface area (Å²) in [5.74, 6) is -0.0514. The maximum Gasteiger partial charge on any atom is 0.127 e. The Morgan fingerprint density at radius 1 is 1.44 bits per heavy atom. The first-order chi connectivity index (χ1) is 8.76. The highest BCUT2D eigenvalue weighted by atomic mass is 19.1. The third kappa shape index (κ3) is 2.90. The van der Waals surface area contributed by atoms with Gasteiger partial charge in [0.05, 0.1) is 0 Å². The van der Waals surface area contributed by atoms with E-state index in [1.807, 2.05) is 19.2 Å². The molecule has 1 saturated heterocycles.